The summed E-state index contributed by atoms with van der Waals surface area (Å²) in [5.41, 5.74) is 0. The van der Waals surface area contributed by atoms with Crippen molar-refractivity contribution in [2.45, 2.75) is 24.8 Å². The van der Waals surface area contributed by atoms with E-state index in [1.165, 1.54) is 19.2 Å². The number of aliphatic hydroxyl groups is 1. The number of sulfonamides is 1. The Labute approximate surface area is 122 Å². The van der Waals surface area contributed by atoms with Crippen molar-refractivity contribution in [1.29, 1.82) is 0 Å². The highest BCUT2D eigenvalue weighted by Crippen LogP contribution is 2.27. The molecule has 5 nitrogen and oxygen atoms in total. The SMILES string of the molecule is COc1ccc(S(=O)(=O)NC(CO)C(C)C)cc1Br. The molecule has 7 heteroatoms. The Balaban J connectivity index is 3.03. The van der Waals surface area contributed by atoms with E-state index in [-0.39, 0.29) is 17.4 Å². The van der Waals surface area contributed by atoms with Crippen LogP contribution < -0.4 is 9.46 Å². The summed E-state index contributed by atoms with van der Waals surface area (Å²) in [6, 6.07) is 3.99. The fourth-order valence-corrected chi connectivity index (χ4v) is 3.56. The zero-order valence-electron chi connectivity index (χ0n) is 11.1. The summed E-state index contributed by atoms with van der Waals surface area (Å²) in [5.74, 6) is 0.558. The third kappa shape index (κ3) is 4.17. The van der Waals surface area contributed by atoms with Gasteiger partial charge in [0.1, 0.15) is 5.75 Å². The van der Waals surface area contributed by atoms with Crippen LogP contribution in [0.4, 0.5) is 0 Å². The third-order valence-corrected chi connectivity index (χ3v) is 4.85. The maximum atomic E-state index is 12.2. The van der Waals surface area contributed by atoms with Crippen LogP contribution in [-0.4, -0.2) is 33.3 Å². The van der Waals surface area contributed by atoms with Gasteiger partial charge < -0.3 is 9.84 Å². The van der Waals surface area contributed by atoms with Crippen LogP contribution in [0.1, 0.15) is 13.8 Å². The van der Waals surface area contributed by atoms with Gasteiger partial charge in [0.25, 0.3) is 0 Å². The summed E-state index contributed by atoms with van der Waals surface area (Å²) in [5, 5.41) is 9.19. The molecule has 1 atom stereocenters. The van der Waals surface area contributed by atoms with Crippen LogP contribution in [0.25, 0.3) is 0 Å². The van der Waals surface area contributed by atoms with Gasteiger partial charge in [0.15, 0.2) is 0 Å². The van der Waals surface area contributed by atoms with Crippen molar-refractivity contribution in [2.75, 3.05) is 13.7 Å². The molecular formula is C12H18BrNO4S. The second kappa shape index (κ2) is 6.69. The fourth-order valence-electron chi connectivity index (χ4n) is 1.47. The third-order valence-electron chi connectivity index (χ3n) is 2.74. The molecule has 1 unspecified atom stereocenters. The van der Waals surface area contributed by atoms with Crippen LogP contribution in [0.5, 0.6) is 5.75 Å². The maximum absolute atomic E-state index is 12.2. The number of ether oxygens (including phenoxy) is 1. The minimum Gasteiger partial charge on any atom is -0.496 e. The molecule has 0 saturated carbocycles. The Kier molecular flexibility index (Phi) is 5.79. The second-order valence-corrected chi connectivity index (χ2v) is 7.02. The van der Waals surface area contributed by atoms with Gasteiger partial charge in [-0.2, -0.15) is 0 Å². The van der Waals surface area contributed by atoms with Crippen molar-refractivity contribution in [3.63, 3.8) is 0 Å². The number of aliphatic hydroxyl groups excluding tert-OH is 1. The molecule has 108 valence electrons. The monoisotopic (exact) mass is 351 g/mol. The molecule has 19 heavy (non-hydrogen) atoms. The molecule has 0 aliphatic carbocycles. The Bertz CT molecular complexity index is 531. The molecule has 0 radical (unpaired) electrons. The van der Waals surface area contributed by atoms with Crippen LogP contribution in [0.3, 0.4) is 0 Å². The number of hydrogen-bond donors (Lipinski definition) is 2. The molecule has 1 rings (SSSR count). The number of halogens is 1. The average molecular weight is 352 g/mol. The summed E-state index contributed by atoms with van der Waals surface area (Å²) >= 11 is 3.25. The van der Waals surface area contributed by atoms with Gasteiger partial charge in [0.2, 0.25) is 10.0 Å². The molecular weight excluding hydrogens is 334 g/mol. The fraction of sp³-hybridized carbons (Fsp3) is 0.500. The minimum absolute atomic E-state index is 0.00136. The lowest BCUT2D eigenvalue weighted by Crippen LogP contribution is -2.41. The van der Waals surface area contributed by atoms with Crippen LogP contribution >= 0.6 is 15.9 Å². The molecule has 2 N–H and O–H groups in total. The van der Waals surface area contributed by atoms with Crippen molar-refractivity contribution in [2.24, 2.45) is 5.92 Å². The first-order chi connectivity index (χ1) is 8.81. The molecule has 1 aromatic rings. The number of hydrogen-bond acceptors (Lipinski definition) is 4. The molecule has 0 bridgehead atoms. The first-order valence-corrected chi connectivity index (χ1v) is 8.06. The van der Waals surface area contributed by atoms with Crippen LogP contribution in [0.15, 0.2) is 27.6 Å². The van der Waals surface area contributed by atoms with Gasteiger partial charge in [-0.15, -0.1) is 0 Å². The number of rotatable bonds is 6. The predicted molar refractivity (Wildman–Crippen MR) is 76.7 cm³/mol. The van der Waals surface area contributed by atoms with Crippen molar-refractivity contribution in [3.8, 4) is 5.75 Å². The molecule has 0 aromatic heterocycles. The van der Waals surface area contributed by atoms with Gasteiger partial charge >= 0.3 is 0 Å². The Morgan fingerprint density at radius 1 is 1.42 bits per heavy atom. The van der Waals surface area contributed by atoms with E-state index in [4.69, 9.17) is 4.74 Å². The van der Waals surface area contributed by atoms with Gasteiger partial charge in [-0.05, 0) is 40.0 Å². The molecule has 0 saturated heterocycles. The zero-order chi connectivity index (χ0) is 14.6. The van der Waals surface area contributed by atoms with Crippen LogP contribution in [0, 0.1) is 5.92 Å². The molecule has 0 aliphatic rings. The van der Waals surface area contributed by atoms with E-state index in [2.05, 4.69) is 20.7 Å². The van der Waals surface area contributed by atoms with Crippen molar-refractivity contribution in [1.82, 2.24) is 4.72 Å². The lowest BCUT2D eigenvalue weighted by molar-refractivity contribution is 0.227. The zero-order valence-corrected chi connectivity index (χ0v) is 13.5. The lowest BCUT2D eigenvalue weighted by Gasteiger charge is -2.20. The normalized spacial score (nSPS) is 13.6. The smallest absolute Gasteiger partial charge is 0.240 e. The van der Waals surface area contributed by atoms with Gasteiger partial charge in [0.05, 0.1) is 23.1 Å². The second-order valence-electron chi connectivity index (χ2n) is 4.45. The van der Waals surface area contributed by atoms with E-state index in [0.717, 1.165) is 0 Å². The Morgan fingerprint density at radius 3 is 2.47 bits per heavy atom. The quantitative estimate of drug-likeness (QED) is 0.818. The largest absolute Gasteiger partial charge is 0.496 e. The van der Waals surface area contributed by atoms with E-state index in [9.17, 15) is 13.5 Å². The Hall–Kier alpha value is -0.630. The number of methoxy groups -OCH3 is 1. The molecule has 0 amide bonds. The number of nitrogens with one attached hydrogen (secondary N) is 1. The van der Waals surface area contributed by atoms with Crippen molar-refractivity contribution < 1.29 is 18.3 Å². The highest BCUT2D eigenvalue weighted by atomic mass is 79.9. The van der Waals surface area contributed by atoms with E-state index >= 15 is 0 Å². The standard InChI is InChI=1S/C12H18BrNO4S/c1-8(2)11(7-15)14-19(16,17)9-4-5-12(18-3)10(13)6-9/h4-6,8,11,14-15H,7H2,1-3H3. The topological polar surface area (TPSA) is 75.6 Å². The first-order valence-electron chi connectivity index (χ1n) is 5.78. The molecule has 0 heterocycles. The van der Waals surface area contributed by atoms with Crippen molar-refractivity contribution >= 4 is 26.0 Å². The summed E-state index contributed by atoms with van der Waals surface area (Å²) in [6.07, 6.45) is 0. The predicted octanol–water partition coefficient (Wildman–Crippen LogP) is 1.75. The minimum atomic E-state index is -3.66. The summed E-state index contributed by atoms with van der Waals surface area (Å²) in [6.45, 7) is 3.44. The van der Waals surface area contributed by atoms with Gasteiger partial charge in [0, 0.05) is 6.04 Å². The summed E-state index contributed by atoms with van der Waals surface area (Å²) in [7, 11) is -2.15. The Morgan fingerprint density at radius 2 is 2.05 bits per heavy atom. The van der Waals surface area contributed by atoms with E-state index in [1.54, 1.807) is 6.07 Å². The van der Waals surface area contributed by atoms with Gasteiger partial charge in [-0.1, -0.05) is 13.8 Å². The highest BCUT2D eigenvalue weighted by Gasteiger charge is 2.22. The highest BCUT2D eigenvalue weighted by molar-refractivity contribution is 9.10. The van der Waals surface area contributed by atoms with E-state index < -0.39 is 16.1 Å². The first kappa shape index (κ1) is 16.4. The van der Waals surface area contributed by atoms with E-state index in [1.807, 2.05) is 13.8 Å². The van der Waals surface area contributed by atoms with E-state index in [0.29, 0.717) is 10.2 Å². The molecule has 0 fully saturated rings. The van der Waals surface area contributed by atoms with Crippen LogP contribution in [0.2, 0.25) is 0 Å². The number of benzene rings is 1. The molecule has 0 spiro atoms. The van der Waals surface area contributed by atoms with Gasteiger partial charge in [-0.3, -0.25) is 0 Å². The van der Waals surface area contributed by atoms with Crippen LogP contribution in [-0.2, 0) is 10.0 Å². The summed E-state index contributed by atoms with van der Waals surface area (Å²) < 4.78 is 32.4. The average Bonchev–Trinajstić information content (AvgIpc) is 2.35. The molecule has 1 aromatic carbocycles. The lowest BCUT2D eigenvalue weighted by atomic mass is 10.1. The van der Waals surface area contributed by atoms with Gasteiger partial charge in [-0.25, -0.2) is 13.1 Å². The maximum Gasteiger partial charge on any atom is 0.240 e. The summed E-state index contributed by atoms with van der Waals surface area (Å²) in [4.78, 5) is 0.124. The van der Waals surface area contributed by atoms with Crippen molar-refractivity contribution in [3.05, 3.63) is 22.7 Å². The molecule has 0 aliphatic heterocycles.